The lowest BCUT2D eigenvalue weighted by molar-refractivity contribution is 0.102. The van der Waals surface area contributed by atoms with Gasteiger partial charge in [0.1, 0.15) is 0 Å². The third kappa shape index (κ3) is 3.93. The molecule has 1 aromatic heterocycles. The van der Waals surface area contributed by atoms with Crippen LogP contribution in [-0.4, -0.2) is 19.3 Å². The zero-order valence-electron chi connectivity index (χ0n) is 15.2. The average molecular weight is 414 g/mol. The Morgan fingerprint density at radius 1 is 1.11 bits per heavy atom. The van der Waals surface area contributed by atoms with Gasteiger partial charge in [0.15, 0.2) is 5.13 Å². The number of amides is 1. The third-order valence-corrected chi connectivity index (χ3v) is 6.99. The Morgan fingerprint density at radius 3 is 2.64 bits per heavy atom. The van der Waals surface area contributed by atoms with Gasteiger partial charge in [0.05, 0.1) is 10.6 Å². The molecular weight excluding hydrogens is 394 g/mol. The van der Waals surface area contributed by atoms with Gasteiger partial charge in [-0.1, -0.05) is 23.8 Å². The first kappa shape index (κ1) is 18.6. The summed E-state index contributed by atoms with van der Waals surface area (Å²) in [6.45, 7) is 1.89. The summed E-state index contributed by atoms with van der Waals surface area (Å²) in [5.74, 6) is -0.316. The maximum absolute atomic E-state index is 12.5. The fraction of sp³-hybridized carbons (Fsp3) is 0.200. The maximum atomic E-state index is 12.5. The normalized spacial score (nSPS) is 13.2. The monoisotopic (exact) mass is 413 g/mol. The maximum Gasteiger partial charge on any atom is 0.261 e. The number of aromatic nitrogens is 1. The lowest BCUT2D eigenvalue weighted by atomic mass is 10.2. The summed E-state index contributed by atoms with van der Waals surface area (Å²) < 4.78 is 27.6. The molecular formula is C20H19N3O3S2. The van der Waals surface area contributed by atoms with Crippen LogP contribution in [0.25, 0.3) is 0 Å². The number of thiazole rings is 1. The number of nitrogens with one attached hydrogen (secondary N) is 2. The van der Waals surface area contributed by atoms with E-state index in [0.717, 1.165) is 30.5 Å². The minimum absolute atomic E-state index is 0.172. The molecule has 0 fully saturated rings. The van der Waals surface area contributed by atoms with E-state index in [1.165, 1.54) is 22.3 Å². The van der Waals surface area contributed by atoms with Crippen LogP contribution in [0.5, 0.6) is 0 Å². The smallest absolute Gasteiger partial charge is 0.261 e. The van der Waals surface area contributed by atoms with Crippen LogP contribution < -0.4 is 10.0 Å². The molecule has 0 atom stereocenters. The summed E-state index contributed by atoms with van der Waals surface area (Å²) in [5.41, 5.74) is 2.74. The molecule has 0 aliphatic heterocycles. The molecule has 0 saturated carbocycles. The van der Waals surface area contributed by atoms with Gasteiger partial charge < -0.3 is 0 Å². The van der Waals surface area contributed by atoms with Crippen molar-refractivity contribution >= 4 is 38.1 Å². The van der Waals surface area contributed by atoms with Crippen molar-refractivity contribution < 1.29 is 13.2 Å². The molecule has 0 bridgehead atoms. The van der Waals surface area contributed by atoms with Gasteiger partial charge in [0, 0.05) is 16.1 Å². The molecule has 0 saturated heterocycles. The van der Waals surface area contributed by atoms with Crippen LogP contribution in [0.4, 0.5) is 10.8 Å². The molecule has 1 heterocycles. The Kier molecular flexibility index (Phi) is 4.91. The molecule has 4 rings (SSSR count). The highest BCUT2D eigenvalue weighted by molar-refractivity contribution is 7.92. The molecule has 6 nitrogen and oxygen atoms in total. The predicted molar refractivity (Wildman–Crippen MR) is 111 cm³/mol. The number of hydrogen-bond donors (Lipinski definition) is 2. The van der Waals surface area contributed by atoms with E-state index in [2.05, 4.69) is 15.0 Å². The van der Waals surface area contributed by atoms with E-state index in [9.17, 15) is 13.2 Å². The van der Waals surface area contributed by atoms with Crippen LogP contribution in [0.15, 0.2) is 53.4 Å². The number of nitrogens with zero attached hydrogens (tertiary/aromatic N) is 1. The Morgan fingerprint density at radius 2 is 1.89 bits per heavy atom. The summed E-state index contributed by atoms with van der Waals surface area (Å²) in [5, 5.41) is 3.39. The van der Waals surface area contributed by atoms with Crippen molar-refractivity contribution in [2.75, 3.05) is 10.0 Å². The van der Waals surface area contributed by atoms with Crippen LogP contribution in [0.3, 0.4) is 0 Å². The van der Waals surface area contributed by atoms with Crippen LogP contribution in [0.2, 0.25) is 0 Å². The molecule has 8 heteroatoms. The summed E-state index contributed by atoms with van der Waals surface area (Å²) in [6, 6.07) is 13.0. The molecule has 2 aromatic carbocycles. The van der Waals surface area contributed by atoms with Crippen LogP contribution in [0.1, 0.15) is 32.9 Å². The Labute approximate surface area is 167 Å². The van der Waals surface area contributed by atoms with Crippen LogP contribution in [-0.2, 0) is 22.9 Å². The van der Waals surface area contributed by atoms with Gasteiger partial charge in [-0.15, -0.1) is 11.3 Å². The van der Waals surface area contributed by atoms with Crippen molar-refractivity contribution in [2.24, 2.45) is 0 Å². The predicted octanol–water partition coefficient (Wildman–Crippen LogP) is 3.99. The molecule has 0 radical (unpaired) electrons. The van der Waals surface area contributed by atoms with Crippen LogP contribution in [0, 0.1) is 6.92 Å². The molecule has 2 N–H and O–H groups in total. The molecule has 1 aliphatic carbocycles. The topological polar surface area (TPSA) is 88.2 Å². The second-order valence-corrected chi connectivity index (χ2v) is 9.46. The third-order valence-electron chi connectivity index (χ3n) is 4.52. The number of hydrogen-bond acceptors (Lipinski definition) is 5. The quantitative estimate of drug-likeness (QED) is 0.662. The van der Waals surface area contributed by atoms with Gasteiger partial charge in [-0.2, -0.15) is 0 Å². The zero-order valence-corrected chi connectivity index (χ0v) is 16.9. The van der Waals surface area contributed by atoms with Crippen LogP contribution >= 0.6 is 11.3 Å². The molecule has 1 amide bonds. The number of aryl methyl sites for hydroxylation is 3. The fourth-order valence-corrected chi connectivity index (χ4v) is 5.16. The van der Waals surface area contributed by atoms with Crippen molar-refractivity contribution in [1.29, 1.82) is 0 Å². The first-order valence-electron chi connectivity index (χ1n) is 8.90. The van der Waals surface area contributed by atoms with Crippen molar-refractivity contribution in [3.63, 3.8) is 0 Å². The molecule has 0 unspecified atom stereocenters. The van der Waals surface area contributed by atoms with Gasteiger partial charge in [0.2, 0.25) is 0 Å². The highest BCUT2D eigenvalue weighted by atomic mass is 32.2. The summed E-state index contributed by atoms with van der Waals surface area (Å²) in [6.07, 6.45) is 3.09. The number of rotatable bonds is 5. The molecule has 0 spiro atoms. The average Bonchev–Trinajstić information content (AvgIpc) is 3.23. The van der Waals surface area contributed by atoms with E-state index >= 15 is 0 Å². The van der Waals surface area contributed by atoms with Gasteiger partial charge >= 0.3 is 0 Å². The van der Waals surface area contributed by atoms with Gasteiger partial charge in [-0.05, 0) is 56.5 Å². The van der Waals surface area contributed by atoms with Gasteiger partial charge in [-0.25, -0.2) is 13.4 Å². The molecule has 3 aromatic rings. The van der Waals surface area contributed by atoms with E-state index in [4.69, 9.17) is 0 Å². The van der Waals surface area contributed by atoms with Gasteiger partial charge in [-0.3, -0.25) is 14.8 Å². The molecule has 144 valence electrons. The number of fused-ring (bicyclic) bond motifs is 1. The van der Waals surface area contributed by atoms with Crippen molar-refractivity contribution in [1.82, 2.24) is 4.98 Å². The van der Waals surface area contributed by atoms with E-state index in [0.29, 0.717) is 16.4 Å². The lowest BCUT2D eigenvalue weighted by Crippen LogP contribution is -2.15. The summed E-state index contributed by atoms with van der Waals surface area (Å²) in [4.78, 5) is 18.4. The number of sulfonamides is 1. The lowest BCUT2D eigenvalue weighted by Gasteiger charge is -2.10. The van der Waals surface area contributed by atoms with E-state index in [1.54, 1.807) is 42.5 Å². The van der Waals surface area contributed by atoms with Crippen molar-refractivity contribution in [3.05, 3.63) is 70.2 Å². The largest absolute Gasteiger partial charge is 0.298 e. The standard InChI is InChI=1S/C20H19N3O3S2/c1-13-8-10-16(11-9-13)28(25,26)23-15-5-2-4-14(12-15)19(24)22-20-21-17-6-3-7-18(17)27-20/h2,4-5,8-12,23H,3,6-7H2,1H3,(H,21,22,24). The van der Waals surface area contributed by atoms with Crippen molar-refractivity contribution in [3.8, 4) is 0 Å². The first-order valence-corrected chi connectivity index (χ1v) is 11.2. The molecule has 28 heavy (non-hydrogen) atoms. The van der Waals surface area contributed by atoms with Crippen molar-refractivity contribution in [2.45, 2.75) is 31.1 Å². The summed E-state index contributed by atoms with van der Waals surface area (Å²) >= 11 is 1.50. The summed E-state index contributed by atoms with van der Waals surface area (Å²) in [7, 11) is -3.72. The zero-order chi connectivity index (χ0) is 19.7. The first-order chi connectivity index (χ1) is 13.4. The Hall–Kier alpha value is -2.71. The Balaban J connectivity index is 1.50. The minimum atomic E-state index is -3.72. The minimum Gasteiger partial charge on any atom is -0.298 e. The number of carbonyl (C=O) groups excluding carboxylic acids is 1. The highest BCUT2D eigenvalue weighted by Gasteiger charge is 2.19. The Bertz CT molecular complexity index is 1110. The number of anilines is 2. The van der Waals surface area contributed by atoms with E-state index < -0.39 is 10.0 Å². The highest BCUT2D eigenvalue weighted by Crippen LogP contribution is 2.30. The SMILES string of the molecule is Cc1ccc(S(=O)(=O)Nc2cccc(C(=O)Nc3nc4c(s3)CCC4)c2)cc1. The number of carbonyl (C=O) groups is 1. The fourth-order valence-electron chi connectivity index (χ4n) is 3.07. The second kappa shape index (κ2) is 7.37. The van der Waals surface area contributed by atoms with E-state index in [-0.39, 0.29) is 10.8 Å². The molecule has 1 aliphatic rings. The van der Waals surface area contributed by atoms with E-state index in [1.807, 2.05) is 6.92 Å². The van der Waals surface area contributed by atoms with Gasteiger partial charge in [0.25, 0.3) is 15.9 Å². The second-order valence-electron chi connectivity index (χ2n) is 6.70. The number of benzene rings is 2.